The van der Waals surface area contributed by atoms with E-state index in [9.17, 15) is 0 Å². The van der Waals surface area contributed by atoms with Crippen LogP contribution in [0, 0.1) is 20.8 Å². The van der Waals surface area contributed by atoms with Crippen LogP contribution in [0.1, 0.15) is 20.8 Å². The van der Waals surface area contributed by atoms with Crippen molar-refractivity contribution in [1.29, 1.82) is 0 Å². The van der Waals surface area contributed by atoms with Crippen molar-refractivity contribution >= 4 is 25.8 Å². The Balaban J connectivity index is -0.00000000900. The van der Waals surface area contributed by atoms with E-state index >= 15 is 0 Å². The van der Waals surface area contributed by atoms with Gasteiger partial charge in [-0.2, -0.15) is 0 Å². The van der Waals surface area contributed by atoms with Gasteiger partial charge in [-0.3, -0.25) is 0 Å². The molecule has 0 nitrogen and oxygen atoms in total. The first-order valence-corrected chi connectivity index (χ1v) is 2.12. The van der Waals surface area contributed by atoms with Gasteiger partial charge in [0.25, 0.3) is 0 Å². The summed E-state index contributed by atoms with van der Waals surface area (Å²) < 4.78 is 0. The predicted molar refractivity (Wildman–Crippen MR) is 38.8 cm³/mol. The molecule has 0 aromatic heterocycles. The van der Waals surface area contributed by atoms with Gasteiger partial charge < -0.3 is 0 Å². The second kappa shape index (κ2) is 313. The summed E-state index contributed by atoms with van der Waals surface area (Å²) in [4.78, 5) is 0. The van der Waals surface area contributed by atoms with Crippen LogP contribution in [0.5, 0.6) is 0 Å². The first-order chi connectivity index (χ1) is 3.00. The van der Waals surface area contributed by atoms with Crippen LogP contribution in [0.25, 0.3) is 0 Å². The molecule has 0 N–H and O–H groups in total. The van der Waals surface area contributed by atoms with Crippen LogP contribution in [0.15, 0.2) is 0 Å². The summed E-state index contributed by atoms with van der Waals surface area (Å²) in [5, 5.41) is 0. The number of hydrogen-bond donors (Lipinski definition) is 0. The van der Waals surface area contributed by atoms with E-state index in [0.717, 1.165) is 0 Å². The fourth-order valence-electron chi connectivity index (χ4n) is 0. The third kappa shape index (κ3) is 215. The first-order valence-electron chi connectivity index (χ1n) is 2.12. The van der Waals surface area contributed by atoms with E-state index in [1.165, 1.54) is 0 Å². The van der Waals surface area contributed by atoms with E-state index in [4.69, 9.17) is 0 Å². The zero-order chi connectivity index (χ0) is 6.00. The smallest absolute Gasteiger partial charge is 0 e. The number of rotatable bonds is 0. The van der Waals surface area contributed by atoms with Crippen molar-refractivity contribution in [3.05, 3.63) is 20.8 Å². The van der Waals surface area contributed by atoms with Gasteiger partial charge in [0.1, 0.15) is 0 Å². The molecule has 0 aromatic rings. The van der Waals surface area contributed by atoms with Gasteiger partial charge >= 0.3 is 0 Å². The maximum absolute atomic E-state index is 3.25. The molecule has 42 valence electrons. The molecule has 7 heavy (non-hydrogen) atoms. The standard InChI is InChI=1S/3C2H5.In/c3*1-2;/h3*1H2,2H3;. The molecule has 0 bridgehead atoms. The molecule has 0 aliphatic carbocycles. The largest absolute Gasteiger partial charge is 0.0654 e. The number of hydrogen-bond acceptors (Lipinski definition) is 0. The molecular formula is C6H15In. The maximum atomic E-state index is 3.25. The SMILES string of the molecule is [CH2]C.[CH2]C.[CH2]C.[In]. The Kier molecular flexibility index (Phi) is 1110. The fourth-order valence-corrected chi connectivity index (χ4v) is 0. The Hall–Kier alpha value is 0.870. The van der Waals surface area contributed by atoms with Crippen LogP contribution in [0.4, 0.5) is 0 Å². The molecule has 0 aliphatic rings. The summed E-state index contributed by atoms with van der Waals surface area (Å²) in [5.41, 5.74) is 0. The molecule has 0 amide bonds. The van der Waals surface area contributed by atoms with E-state index in [1.807, 2.05) is 0 Å². The van der Waals surface area contributed by atoms with Gasteiger partial charge in [-0.05, 0) is 0 Å². The van der Waals surface area contributed by atoms with Crippen LogP contribution < -0.4 is 0 Å². The van der Waals surface area contributed by atoms with E-state index in [1.54, 1.807) is 20.8 Å². The molecule has 0 saturated heterocycles. The van der Waals surface area contributed by atoms with Crippen LogP contribution in [-0.4, -0.2) is 25.8 Å². The predicted octanol–water partition coefficient (Wildman–Crippen LogP) is 2.14. The molecule has 0 fully saturated rings. The Morgan fingerprint density at radius 3 is 0.571 bits per heavy atom. The zero-order valence-corrected chi connectivity index (χ0v) is 8.99. The van der Waals surface area contributed by atoms with Gasteiger partial charge in [0.05, 0.1) is 0 Å². The zero-order valence-electron chi connectivity index (χ0n) is 5.70. The first kappa shape index (κ1) is 24.8. The second-order valence-electron chi connectivity index (χ2n) is 0. The third-order valence-electron chi connectivity index (χ3n) is 0. The minimum absolute atomic E-state index is 0. The normalized spacial score (nSPS) is 2.57. The molecule has 0 aromatic carbocycles. The summed E-state index contributed by atoms with van der Waals surface area (Å²) in [6.45, 7) is 15.0. The van der Waals surface area contributed by atoms with Crippen molar-refractivity contribution in [2.45, 2.75) is 20.8 Å². The molecule has 0 atom stereocenters. The van der Waals surface area contributed by atoms with Crippen molar-refractivity contribution < 1.29 is 0 Å². The molecular weight excluding hydrogens is 187 g/mol. The van der Waals surface area contributed by atoms with Gasteiger partial charge in [0, 0.05) is 25.8 Å². The minimum Gasteiger partial charge on any atom is -0.0654 e. The van der Waals surface area contributed by atoms with Crippen LogP contribution in [0.3, 0.4) is 0 Å². The Morgan fingerprint density at radius 1 is 0.571 bits per heavy atom. The van der Waals surface area contributed by atoms with E-state index in [-0.39, 0.29) is 25.8 Å². The van der Waals surface area contributed by atoms with Gasteiger partial charge in [-0.15, -0.1) is 0 Å². The Labute approximate surface area is 67.5 Å². The maximum Gasteiger partial charge on any atom is 0 e. The van der Waals surface area contributed by atoms with Gasteiger partial charge in [0.15, 0.2) is 0 Å². The molecule has 0 saturated carbocycles. The van der Waals surface area contributed by atoms with Gasteiger partial charge in [-0.1, -0.05) is 41.5 Å². The molecule has 0 spiro atoms. The van der Waals surface area contributed by atoms with Crippen molar-refractivity contribution in [1.82, 2.24) is 0 Å². The van der Waals surface area contributed by atoms with E-state index in [2.05, 4.69) is 20.8 Å². The summed E-state index contributed by atoms with van der Waals surface area (Å²) in [6.07, 6.45) is 0. The van der Waals surface area contributed by atoms with Crippen molar-refractivity contribution in [3.8, 4) is 0 Å². The van der Waals surface area contributed by atoms with E-state index in [0.29, 0.717) is 0 Å². The van der Waals surface area contributed by atoms with E-state index < -0.39 is 0 Å². The molecule has 6 radical (unpaired) electrons. The molecule has 0 unspecified atom stereocenters. The Bertz CT molecular complexity index is 4.14. The average Bonchev–Trinajstić information content (AvgIpc) is 1.81. The van der Waals surface area contributed by atoms with Crippen LogP contribution in [0.2, 0.25) is 0 Å². The van der Waals surface area contributed by atoms with Crippen LogP contribution >= 0.6 is 0 Å². The second-order valence-corrected chi connectivity index (χ2v) is 0. The Morgan fingerprint density at radius 2 is 0.571 bits per heavy atom. The summed E-state index contributed by atoms with van der Waals surface area (Å²) in [5.74, 6) is 0. The van der Waals surface area contributed by atoms with Crippen molar-refractivity contribution in [2.75, 3.05) is 0 Å². The van der Waals surface area contributed by atoms with Crippen LogP contribution in [-0.2, 0) is 0 Å². The van der Waals surface area contributed by atoms with Gasteiger partial charge in [0.2, 0.25) is 0 Å². The molecule has 0 rings (SSSR count). The molecule has 0 aliphatic heterocycles. The molecule has 1 heteroatoms. The molecule has 0 heterocycles. The van der Waals surface area contributed by atoms with Gasteiger partial charge in [-0.25, -0.2) is 0 Å². The third-order valence-corrected chi connectivity index (χ3v) is 0. The van der Waals surface area contributed by atoms with Crippen molar-refractivity contribution in [3.63, 3.8) is 0 Å². The minimum atomic E-state index is 0. The summed E-state index contributed by atoms with van der Waals surface area (Å²) >= 11 is 0. The fraction of sp³-hybridized carbons (Fsp3) is 0.500. The topological polar surface area (TPSA) is 0 Å². The quantitative estimate of drug-likeness (QED) is 0.564. The summed E-state index contributed by atoms with van der Waals surface area (Å²) in [7, 11) is 0. The average molecular weight is 202 g/mol. The monoisotopic (exact) mass is 202 g/mol. The summed E-state index contributed by atoms with van der Waals surface area (Å²) in [6, 6.07) is 0. The van der Waals surface area contributed by atoms with Crippen molar-refractivity contribution in [2.24, 2.45) is 0 Å².